The van der Waals surface area contributed by atoms with Gasteiger partial charge in [-0.2, -0.15) is 0 Å². The molecule has 0 heterocycles. The maximum atomic E-state index is 11.3. The van der Waals surface area contributed by atoms with E-state index >= 15 is 0 Å². The Hall–Kier alpha value is -1.55. The minimum Gasteiger partial charge on any atom is -0.508 e. The van der Waals surface area contributed by atoms with E-state index in [9.17, 15) is 4.79 Å². The van der Waals surface area contributed by atoms with Crippen molar-refractivity contribution in [3.63, 3.8) is 0 Å². The first-order chi connectivity index (χ1) is 6.97. The van der Waals surface area contributed by atoms with E-state index in [4.69, 9.17) is 15.3 Å². The highest BCUT2D eigenvalue weighted by Crippen LogP contribution is 2.21. The summed E-state index contributed by atoms with van der Waals surface area (Å²) in [6.07, 6.45) is -0.480. The Morgan fingerprint density at radius 2 is 1.80 bits per heavy atom. The predicted octanol–water partition coefficient (Wildman–Crippen LogP) is 0.980. The minimum absolute atomic E-state index is 0.0742. The molecule has 1 atom stereocenters. The van der Waals surface area contributed by atoms with E-state index in [2.05, 4.69) is 0 Å². The molecule has 0 bridgehead atoms. The van der Waals surface area contributed by atoms with Crippen LogP contribution in [-0.4, -0.2) is 27.2 Å². The van der Waals surface area contributed by atoms with Crippen LogP contribution in [0.25, 0.3) is 0 Å². The molecule has 1 rings (SSSR count). The highest BCUT2D eigenvalue weighted by Gasteiger charge is 2.08. The second-order valence-corrected chi connectivity index (χ2v) is 3.63. The van der Waals surface area contributed by atoms with Crippen LogP contribution in [0.2, 0.25) is 0 Å². The Labute approximate surface area is 87.8 Å². The molecule has 4 nitrogen and oxygen atoms in total. The Bertz CT molecular complexity index is 337. The van der Waals surface area contributed by atoms with Crippen LogP contribution in [0.3, 0.4) is 0 Å². The average Bonchev–Trinajstić information content (AvgIpc) is 1.98. The van der Waals surface area contributed by atoms with Crippen molar-refractivity contribution in [2.75, 3.05) is 0 Å². The molecule has 0 spiro atoms. The summed E-state index contributed by atoms with van der Waals surface area (Å²) in [6.45, 7) is 1.54. The third-order valence-electron chi connectivity index (χ3n) is 1.89. The van der Waals surface area contributed by atoms with Gasteiger partial charge in [-0.15, -0.1) is 0 Å². The molecular weight excluding hydrogens is 196 g/mol. The first-order valence-corrected chi connectivity index (χ1v) is 4.69. The van der Waals surface area contributed by atoms with Crippen LogP contribution in [0, 0.1) is 0 Å². The van der Waals surface area contributed by atoms with E-state index in [-0.39, 0.29) is 30.1 Å². The van der Waals surface area contributed by atoms with Gasteiger partial charge in [0.15, 0.2) is 0 Å². The van der Waals surface area contributed by atoms with E-state index in [1.807, 2.05) is 0 Å². The maximum Gasteiger partial charge on any atom is 0.139 e. The van der Waals surface area contributed by atoms with Gasteiger partial charge in [0.05, 0.1) is 6.10 Å². The van der Waals surface area contributed by atoms with Gasteiger partial charge in [0, 0.05) is 18.9 Å². The Morgan fingerprint density at radius 3 is 2.27 bits per heavy atom. The molecule has 1 aromatic rings. The Kier molecular flexibility index (Phi) is 3.68. The number of rotatable bonds is 4. The quantitative estimate of drug-likeness (QED) is 0.692. The van der Waals surface area contributed by atoms with Crippen LogP contribution in [0.1, 0.15) is 18.9 Å². The number of phenols is 2. The van der Waals surface area contributed by atoms with Gasteiger partial charge in [-0.05, 0) is 24.6 Å². The standard InChI is InChI=1S/C11H14O4/c1-7(12)2-9(13)3-8-4-10(14)6-11(15)5-8/h4-7,12,14-15H,2-3H2,1H3/t7-/m1/s1. The van der Waals surface area contributed by atoms with Crippen LogP contribution in [-0.2, 0) is 11.2 Å². The Morgan fingerprint density at radius 1 is 1.27 bits per heavy atom. The third-order valence-corrected chi connectivity index (χ3v) is 1.89. The molecular formula is C11H14O4. The molecule has 4 heteroatoms. The number of benzene rings is 1. The molecule has 0 aliphatic carbocycles. The average molecular weight is 210 g/mol. The first kappa shape index (κ1) is 11.5. The van der Waals surface area contributed by atoms with E-state index in [1.54, 1.807) is 0 Å². The van der Waals surface area contributed by atoms with Crippen molar-refractivity contribution >= 4 is 5.78 Å². The number of Topliss-reactive ketones (excluding diaryl/α,β-unsaturated/α-hetero) is 1. The van der Waals surface area contributed by atoms with Gasteiger partial charge >= 0.3 is 0 Å². The lowest BCUT2D eigenvalue weighted by Crippen LogP contribution is -2.11. The van der Waals surface area contributed by atoms with E-state index in [0.29, 0.717) is 5.56 Å². The second-order valence-electron chi connectivity index (χ2n) is 3.63. The summed E-state index contributed by atoms with van der Waals surface area (Å²) < 4.78 is 0. The summed E-state index contributed by atoms with van der Waals surface area (Å²) in [6, 6.07) is 4.03. The van der Waals surface area contributed by atoms with E-state index in [1.165, 1.54) is 25.1 Å². The van der Waals surface area contributed by atoms with Crippen molar-refractivity contribution in [1.29, 1.82) is 0 Å². The maximum absolute atomic E-state index is 11.3. The summed E-state index contributed by atoms with van der Waals surface area (Å²) in [5.41, 5.74) is 0.540. The van der Waals surface area contributed by atoms with Gasteiger partial charge in [0.25, 0.3) is 0 Å². The predicted molar refractivity (Wildman–Crippen MR) is 54.8 cm³/mol. The Balaban J connectivity index is 2.68. The third kappa shape index (κ3) is 3.99. The molecule has 0 saturated carbocycles. The summed E-state index contributed by atoms with van der Waals surface area (Å²) in [4.78, 5) is 11.3. The molecule has 0 aliphatic rings. The van der Waals surface area contributed by atoms with E-state index in [0.717, 1.165) is 0 Å². The monoisotopic (exact) mass is 210 g/mol. The zero-order chi connectivity index (χ0) is 11.4. The fraction of sp³-hybridized carbons (Fsp3) is 0.364. The lowest BCUT2D eigenvalue weighted by Gasteiger charge is -2.04. The van der Waals surface area contributed by atoms with Gasteiger partial charge in [-0.25, -0.2) is 0 Å². The molecule has 0 fully saturated rings. The molecule has 0 amide bonds. The molecule has 0 aromatic heterocycles. The summed E-state index contributed by atoms with van der Waals surface area (Å²) in [7, 11) is 0. The van der Waals surface area contributed by atoms with Gasteiger partial charge in [-0.1, -0.05) is 0 Å². The minimum atomic E-state index is -0.664. The first-order valence-electron chi connectivity index (χ1n) is 4.69. The van der Waals surface area contributed by atoms with Crippen molar-refractivity contribution < 1.29 is 20.1 Å². The number of carbonyl (C=O) groups is 1. The second kappa shape index (κ2) is 4.79. The number of aliphatic hydroxyl groups is 1. The molecule has 0 radical (unpaired) electrons. The lowest BCUT2D eigenvalue weighted by atomic mass is 10.0. The molecule has 0 unspecified atom stereocenters. The zero-order valence-corrected chi connectivity index (χ0v) is 8.47. The number of aliphatic hydroxyl groups excluding tert-OH is 1. The highest BCUT2D eigenvalue weighted by molar-refractivity contribution is 5.81. The molecule has 0 saturated heterocycles. The normalized spacial score (nSPS) is 12.4. The van der Waals surface area contributed by atoms with Crippen LogP contribution in [0.5, 0.6) is 11.5 Å². The van der Waals surface area contributed by atoms with E-state index < -0.39 is 6.10 Å². The van der Waals surface area contributed by atoms with Crippen LogP contribution < -0.4 is 0 Å². The number of phenolic OH excluding ortho intramolecular Hbond substituents is 2. The number of aromatic hydroxyl groups is 2. The summed E-state index contributed by atoms with van der Waals surface area (Å²) in [5.74, 6) is -0.278. The molecule has 82 valence electrons. The van der Waals surface area contributed by atoms with Crippen molar-refractivity contribution in [2.45, 2.75) is 25.9 Å². The van der Waals surface area contributed by atoms with Crippen molar-refractivity contribution in [1.82, 2.24) is 0 Å². The van der Waals surface area contributed by atoms with Crippen LogP contribution in [0.4, 0.5) is 0 Å². The summed E-state index contributed by atoms with van der Waals surface area (Å²) in [5, 5.41) is 27.3. The number of carbonyl (C=O) groups excluding carboxylic acids is 1. The summed E-state index contributed by atoms with van der Waals surface area (Å²) >= 11 is 0. The number of hydrogen-bond donors (Lipinski definition) is 3. The largest absolute Gasteiger partial charge is 0.508 e. The molecule has 15 heavy (non-hydrogen) atoms. The topological polar surface area (TPSA) is 77.8 Å². The van der Waals surface area contributed by atoms with Gasteiger partial charge in [-0.3, -0.25) is 4.79 Å². The van der Waals surface area contributed by atoms with Crippen LogP contribution >= 0.6 is 0 Å². The van der Waals surface area contributed by atoms with Gasteiger partial charge in [0.1, 0.15) is 17.3 Å². The fourth-order valence-corrected chi connectivity index (χ4v) is 1.39. The highest BCUT2D eigenvalue weighted by atomic mass is 16.3. The van der Waals surface area contributed by atoms with Gasteiger partial charge < -0.3 is 15.3 Å². The van der Waals surface area contributed by atoms with Crippen LogP contribution in [0.15, 0.2) is 18.2 Å². The number of hydrogen-bond acceptors (Lipinski definition) is 4. The number of ketones is 1. The van der Waals surface area contributed by atoms with Crippen molar-refractivity contribution in [3.05, 3.63) is 23.8 Å². The lowest BCUT2D eigenvalue weighted by molar-refractivity contribution is -0.120. The van der Waals surface area contributed by atoms with Crippen molar-refractivity contribution in [3.8, 4) is 11.5 Å². The zero-order valence-electron chi connectivity index (χ0n) is 8.47. The van der Waals surface area contributed by atoms with Crippen molar-refractivity contribution in [2.24, 2.45) is 0 Å². The smallest absolute Gasteiger partial charge is 0.139 e. The molecule has 0 aliphatic heterocycles. The SMILES string of the molecule is C[C@@H](O)CC(=O)Cc1cc(O)cc(O)c1. The molecule has 3 N–H and O–H groups in total. The van der Waals surface area contributed by atoms with Gasteiger partial charge in [0.2, 0.25) is 0 Å². The molecule has 1 aromatic carbocycles. The fourth-order valence-electron chi connectivity index (χ4n) is 1.39.